The monoisotopic (exact) mass is 433 g/mol. The lowest BCUT2D eigenvalue weighted by Crippen LogP contribution is -2.09. The molecule has 0 aliphatic heterocycles. The number of benzene rings is 2. The molecular formula is C18H13Br2NO2. The van der Waals surface area contributed by atoms with Crippen LogP contribution in [0.2, 0.25) is 0 Å². The molecule has 0 bridgehead atoms. The molecule has 0 atom stereocenters. The molecule has 0 fully saturated rings. The molecule has 2 aromatic carbocycles. The number of ether oxygens (including phenoxy) is 1. The van der Waals surface area contributed by atoms with E-state index in [4.69, 9.17) is 4.74 Å². The lowest BCUT2D eigenvalue weighted by atomic mass is 10.1. The van der Waals surface area contributed by atoms with E-state index < -0.39 is 5.97 Å². The highest BCUT2D eigenvalue weighted by atomic mass is 79.9. The van der Waals surface area contributed by atoms with E-state index in [1.807, 2.05) is 32.0 Å². The van der Waals surface area contributed by atoms with E-state index in [9.17, 15) is 4.79 Å². The van der Waals surface area contributed by atoms with Crippen LogP contribution in [0.15, 0.2) is 51.4 Å². The van der Waals surface area contributed by atoms with Gasteiger partial charge in [-0.1, -0.05) is 34.1 Å². The predicted octanol–water partition coefficient (Wildman–Crippen LogP) is 5.60. The molecule has 3 nitrogen and oxygen atoms in total. The number of carbonyl (C=O) groups is 1. The van der Waals surface area contributed by atoms with Crippen LogP contribution in [-0.2, 0) is 0 Å². The van der Waals surface area contributed by atoms with Gasteiger partial charge in [0.2, 0.25) is 0 Å². The van der Waals surface area contributed by atoms with Gasteiger partial charge in [-0.3, -0.25) is 0 Å². The van der Waals surface area contributed by atoms with Crippen LogP contribution in [0.5, 0.6) is 5.75 Å². The fourth-order valence-electron chi connectivity index (χ4n) is 2.25. The van der Waals surface area contributed by atoms with Gasteiger partial charge in [0.1, 0.15) is 5.52 Å². The summed E-state index contributed by atoms with van der Waals surface area (Å²) in [5.74, 6) is 0.0232. The first-order chi connectivity index (χ1) is 11.0. The maximum absolute atomic E-state index is 12.4. The van der Waals surface area contributed by atoms with Crippen molar-refractivity contribution in [2.45, 2.75) is 13.8 Å². The number of nitrogens with zero attached hydrogens (tertiary/aromatic N) is 1. The first-order valence-electron chi connectivity index (χ1n) is 7.00. The number of rotatable bonds is 2. The van der Waals surface area contributed by atoms with Gasteiger partial charge >= 0.3 is 5.97 Å². The average molecular weight is 435 g/mol. The van der Waals surface area contributed by atoms with E-state index in [1.54, 1.807) is 24.3 Å². The Bertz CT molecular complexity index is 908. The van der Waals surface area contributed by atoms with E-state index in [-0.39, 0.29) is 0 Å². The van der Waals surface area contributed by atoms with Crippen molar-refractivity contribution in [3.05, 3.63) is 68.2 Å². The van der Waals surface area contributed by atoms with Crippen LogP contribution in [0.4, 0.5) is 0 Å². The van der Waals surface area contributed by atoms with Crippen molar-refractivity contribution in [1.29, 1.82) is 0 Å². The normalized spacial score (nSPS) is 10.8. The molecular weight excluding hydrogens is 422 g/mol. The molecule has 0 amide bonds. The second-order valence-corrected chi connectivity index (χ2v) is 6.92. The zero-order valence-corrected chi connectivity index (χ0v) is 15.7. The molecule has 3 rings (SSSR count). The highest BCUT2D eigenvalue weighted by molar-refractivity contribution is 9.11. The van der Waals surface area contributed by atoms with E-state index in [2.05, 4.69) is 36.8 Å². The zero-order chi connectivity index (χ0) is 16.6. The number of hydrogen-bond acceptors (Lipinski definition) is 3. The Labute approximate surface area is 150 Å². The molecule has 0 N–H and O–H groups in total. The van der Waals surface area contributed by atoms with E-state index in [0.717, 1.165) is 21.1 Å². The summed E-state index contributed by atoms with van der Waals surface area (Å²) in [6.07, 6.45) is 0. The number of halogens is 2. The van der Waals surface area contributed by atoms with Crippen molar-refractivity contribution in [3.8, 4) is 5.75 Å². The van der Waals surface area contributed by atoms with Crippen LogP contribution in [0.1, 0.15) is 21.6 Å². The number of esters is 1. The Balaban J connectivity index is 2.13. The third kappa shape index (κ3) is 3.16. The van der Waals surface area contributed by atoms with Crippen molar-refractivity contribution >= 4 is 48.7 Å². The number of hydrogen-bond donors (Lipinski definition) is 0. The summed E-state index contributed by atoms with van der Waals surface area (Å²) < 4.78 is 7.20. The lowest BCUT2D eigenvalue weighted by molar-refractivity contribution is 0.0735. The van der Waals surface area contributed by atoms with Crippen molar-refractivity contribution in [2.75, 3.05) is 0 Å². The molecule has 3 aromatic rings. The van der Waals surface area contributed by atoms with Gasteiger partial charge in [0.15, 0.2) is 5.75 Å². The molecule has 0 unspecified atom stereocenters. The van der Waals surface area contributed by atoms with Crippen LogP contribution in [0, 0.1) is 13.8 Å². The quantitative estimate of drug-likeness (QED) is 0.389. The predicted molar refractivity (Wildman–Crippen MR) is 98.0 cm³/mol. The molecule has 0 saturated carbocycles. The summed E-state index contributed by atoms with van der Waals surface area (Å²) in [4.78, 5) is 17.0. The van der Waals surface area contributed by atoms with Gasteiger partial charge in [0.05, 0.1) is 10.0 Å². The van der Waals surface area contributed by atoms with E-state index >= 15 is 0 Å². The SMILES string of the molecule is Cc1cc2c(Br)cc(Br)c(OC(=O)c3ccccc3)c2nc1C. The van der Waals surface area contributed by atoms with Crippen LogP contribution in [0.25, 0.3) is 10.9 Å². The van der Waals surface area contributed by atoms with Gasteiger partial charge in [-0.25, -0.2) is 9.78 Å². The fourth-order valence-corrected chi connectivity index (χ4v) is 3.59. The third-order valence-electron chi connectivity index (χ3n) is 3.61. The van der Waals surface area contributed by atoms with Crippen molar-refractivity contribution in [2.24, 2.45) is 0 Å². The maximum atomic E-state index is 12.4. The Kier molecular flexibility index (Phi) is 4.50. The smallest absolute Gasteiger partial charge is 0.343 e. The summed E-state index contributed by atoms with van der Waals surface area (Å²) in [7, 11) is 0. The summed E-state index contributed by atoms with van der Waals surface area (Å²) in [5.41, 5.74) is 3.14. The lowest BCUT2D eigenvalue weighted by Gasteiger charge is -2.12. The number of fused-ring (bicyclic) bond motifs is 1. The number of pyridine rings is 1. The van der Waals surface area contributed by atoms with Crippen LogP contribution >= 0.6 is 31.9 Å². The molecule has 23 heavy (non-hydrogen) atoms. The minimum absolute atomic E-state index is 0.407. The van der Waals surface area contributed by atoms with Gasteiger partial charge in [-0.05, 0) is 59.6 Å². The zero-order valence-electron chi connectivity index (χ0n) is 12.6. The number of carbonyl (C=O) groups excluding carboxylic acids is 1. The first-order valence-corrected chi connectivity index (χ1v) is 8.59. The second kappa shape index (κ2) is 6.42. The summed E-state index contributed by atoms with van der Waals surface area (Å²) in [5, 5.41) is 0.909. The van der Waals surface area contributed by atoms with Gasteiger partial charge in [-0.2, -0.15) is 0 Å². The van der Waals surface area contributed by atoms with Gasteiger partial charge in [-0.15, -0.1) is 0 Å². The maximum Gasteiger partial charge on any atom is 0.343 e. The third-order valence-corrected chi connectivity index (χ3v) is 4.86. The van der Waals surface area contributed by atoms with Crippen molar-refractivity contribution < 1.29 is 9.53 Å². The highest BCUT2D eigenvalue weighted by Gasteiger charge is 2.17. The van der Waals surface area contributed by atoms with Gasteiger partial charge in [0, 0.05) is 15.6 Å². The van der Waals surface area contributed by atoms with Gasteiger partial charge < -0.3 is 4.74 Å². The molecule has 0 radical (unpaired) electrons. The average Bonchev–Trinajstić information content (AvgIpc) is 2.54. The Morgan fingerprint density at radius 2 is 1.74 bits per heavy atom. The van der Waals surface area contributed by atoms with Gasteiger partial charge in [0.25, 0.3) is 0 Å². The first kappa shape index (κ1) is 16.1. The molecule has 0 aliphatic carbocycles. The van der Waals surface area contributed by atoms with Crippen molar-refractivity contribution in [1.82, 2.24) is 4.98 Å². The Hall–Kier alpha value is -1.72. The standard InChI is InChI=1S/C18H13Br2NO2/c1-10-8-13-14(19)9-15(20)17(16(13)21-11(10)2)23-18(22)12-6-4-3-5-7-12/h3-9H,1-2H3. The number of aromatic nitrogens is 1. The Morgan fingerprint density at radius 1 is 1.04 bits per heavy atom. The van der Waals surface area contributed by atoms with E-state index in [1.165, 1.54) is 0 Å². The summed E-state index contributed by atoms with van der Waals surface area (Å²) in [6.45, 7) is 3.94. The summed E-state index contributed by atoms with van der Waals surface area (Å²) >= 11 is 7.01. The molecule has 5 heteroatoms. The highest BCUT2D eigenvalue weighted by Crippen LogP contribution is 2.38. The topological polar surface area (TPSA) is 39.2 Å². The fraction of sp³-hybridized carbons (Fsp3) is 0.111. The minimum atomic E-state index is -0.407. The second-order valence-electron chi connectivity index (χ2n) is 5.21. The van der Waals surface area contributed by atoms with Crippen LogP contribution < -0.4 is 4.74 Å². The molecule has 0 saturated heterocycles. The molecule has 0 spiro atoms. The molecule has 116 valence electrons. The van der Waals surface area contributed by atoms with Crippen LogP contribution in [-0.4, -0.2) is 11.0 Å². The molecule has 1 heterocycles. The number of aryl methyl sites for hydroxylation is 2. The molecule has 0 aliphatic rings. The van der Waals surface area contributed by atoms with Crippen molar-refractivity contribution in [3.63, 3.8) is 0 Å². The van der Waals surface area contributed by atoms with Crippen LogP contribution in [0.3, 0.4) is 0 Å². The Morgan fingerprint density at radius 3 is 2.43 bits per heavy atom. The largest absolute Gasteiger partial charge is 0.419 e. The minimum Gasteiger partial charge on any atom is -0.419 e. The molecule has 1 aromatic heterocycles. The van der Waals surface area contributed by atoms with E-state index in [0.29, 0.717) is 21.3 Å². The summed E-state index contributed by atoms with van der Waals surface area (Å²) in [6, 6.07) is 12.8.